The fourth-order valence-corrected chi connectivity index (χ4v) is 2.67. The second-order valence-corrected chi connectivity index (χ2v) is 6.41. The summed E-state index contributed by atoms with van der Waals surface area (Å²) in [5, 5.41) is 11.1. The molecule has 0 heterocycles. The van der Waals surface area contributed by atoms with Crippen LogP contribution in [0.2, 0.25) is 0 Å². The zero-order chi connectivity index (χ0) is 22.1. The average Bonchev–Trinajstić information content (AvgIpc) is 2.58. The molecule has 29 heavy (non-hydrogen) atoms. The lowest BCUT2D eigenvalue weighted by Crippen LogP contribution is -2.19. The van der Waals surface area contributed by atoms with Crippen molar-refractivity contribution in [1.82, 2.24) is 0 Å². The Morgan fingerprint density at radius 1 is 1.00 bits per heavy atom. The van der Waals surface area contributed by atoms with E-state index in [0.717, 1.165) is 18.2 Å². The van der Waals surface area contributed by atoms with Crippen molar-refractivity contribution in [2.75, 3.05) is 0 Å². The van der Waals surface area contributed by atoms with Gasteiger partial charge in [0.1, 0.15) is 0 Å². The molecule has 156 valence electrons. The highest BCUT2D eigenvalue weighted by molar-refractivity contribution is 6.09. The van der Waals surface area contributed by atoms with Gasteiger partial charge >= 0.3 is 12.4 Å². The van der Waals surface area contributed by atoms with Crippen LogP contribution in [-0.4, -0.2) is 16.7 Å². The Kier molecular flexibility index (Phi) is 6.02. The molecule has 2 aromatic rings. The summed E-state index contributed by atoms with van der Waals surface area (Å²) in [6.45, 7) is 1.54. The van der Waals surface area contributed by atoms with E-state index in [2.05, 4.69) is 0 Å². The molecule has 2 N–H and O–H groups in total. The summed E-state index contributed by atoms with van der Waals surface area (Å²) in [6, 6.07) is 2.98. The van der Waals surface area contributed by atoms with Crippen LogP contribution in [0, 0.1) is 10.1 Å². The van der Waals surface area contributed by atoms with Crippen LogP contribution in [0.4, 0.5) is 32.0 Å². The minimum atomic E-state index is -5.11. The van der Waals surface area contributed by atoms with Gasteiger partial charge in [0.15, 0.2) is 5.78 Å². The molecule has 0 saturated carbocycles. The van der Waals surface area contributed by atoms with Crippen molar-refractivity contribution >= 4 is 11.5 Å². The molecule has 1 atom stereocenters. The Morgan fingerprint density at radius 2 is 1.52 bits per heavy atom. The average molecular weight is 420 g/mol. The number of nitrogens with two attached hydrogens (primary N) is 1. The molecule has 0 aliphatic heterocycles. The molecule has 0 saturated heterocycles. The van der Waals surface area contributed by atoms with Gasteiger partial charge in [-0.3, -0.25) is 14.9 Å². The molecule has 11 heteroatoms. The van der Waals surface area contributed by atoms with Crippen molar-refractivity contribution < 1.29 is 36.1 Å². The zero-order valence-corrected chi connectivity index (χ0v) is 14.8. The molecule has 0 spiro atoms. The van der Waals surface area contributed by atoms with E-state index in [4.69, 9.17) is 5.73 Å². The Hall–Kier alpha value is -2.95. The summed E-state index contributed by atoms with van der Waals surface area (Å²) in [4.78, 5) is 23.0. The zero-order valence-electron chi connectivity index (χ0n) is 14.8. The first-order chi connectivity index (χ1) is 13.2. The van der Waals surface area contributed by atoms with Gasteiger partial charge in [0.25, 0.3) is 5.69 Å². The molecule has 1 unspecified atom stereocenters. The van der Waals surface area contributed by atoms with E-state index in [1.54, 1.807) is 6.92 Å². The van der Waals surface area contributed by atoms with E-state index in [9.17, 15) is 41.3 Å². The molecule has 0 aliphatic carbocycles. The molecule has 2 rings (SSSR count). The number of nitro benzene ring substituents is 1. The van der Waals surface area contributed by atoms with Crippen LogP contribution in [0.15, 0.2) is 36.4 Å². The maximum Gasteiger partial charge on any atom is 0.416 e. The van der Waals surface area contributed by atoms with Crippen LogP contribution in [0.5, 0.6) is 0 Å². The highest BCUT2D eigenvalue weighted by Crippen LogP contribution is 2.37. The van der Waals surface area contributed by atoms with Crippen molar-refractivity contribution in [2.24, 2.45) is 5.73 Å². The number of hydrogen-bond donors (Lipinski definition) is 1. The van der Waals surface area contributed by atoms with Gasteiger partial charge in [0.2, 0.25) is 0 Å². The van der Waals surface area contributed by atoms with Crippen LogP contribution >= 0.6 is 0 Å². The first-order valence-electron chi connectivity index (χ1n) is 8.07. The first kappa shape index (κ1) is 22.3. The highest BCUT2D eigenvalue weighted by atomic mass is 19.4. The van der Waals surface area contributed by atoms with Crippen LogP contribution < -0.4 is 5.73 Å². The number of carbonyl (C=O) groups is 1. The van der Waals surface area contributed by atoms with Crippen LogP contribution in [0.3, 0.4) is 0 Å². The van der Waals surface area contributed by atoms with Crippen LogP contribution in [0.25, 0.3) is 0 Å². The van der Waals surface area contributed by atoms with Crippen LogP contribution in [-0.2, 0) is 18.8 Å². The third-order valence-electron chi connectivity index (χ3n) is 3.93. The minimum Gasteiger partial charge on any atom is -0.328 e. The maximum atomic E-state index is 13.0. The third kappa shape index (κ3) is 5.31. The number of halogens is 6. The first-order valence-corrected chi connectivity index (χ1v) is 8.07. The lowest BCUT2D eigenvalue weighted by molar-refractivity contribution is -0.385. The Bertz CT molecular complexity index is 919. The number of nitrogens with zero attached hydrogens (tertiary/aromatic N) is 1. The standard InChI is InChI=1S/C18H14F6N2O3/c1-9(25)4-11-5-10(2-3-15(11)26(28)29)16(27)12-6-13(17(19,20)21)8-14(7-12)18(22,23)24/h2-3,5-9H,4,25H2,1H3. The molecule has 0 amide bonds. The fourth-order valence-electron chi connectivity index (χ4n) is 2.67. The number of nitro groups is 1. The van der Waals surface area contributed by atoms with E-state index >= 15 is 0 Å². The number of rotatable bonds is 5. The summed E-state index contributed by atoms with van der Waals surface area (Å²) in [6.07, 6.45) is -10.2. The van der Waals surface area contributed by atoms with E-state index in [-0.39, 0.29) is 29.3 Å². The molecule has 5 nitrogen and oxygen atoms in total. The Morgan fingerprint density at radius 3 is 1.93 bits per heavy atom. The monoisotopic (exact) mass is 420 g/mol. The van der Waals surface area contributed by atoms with Gasteiger partial charge in [-0.15, -0.1) is 0 Å². The van der Waals surface area contributed by atoms with E-state index in [1.807, 2.05) is 0 Å². The molecule has 0 radical (unpaired) electrons. The Labute approximate surface area is 160 Å². The smallest absolute Gasteiger partial charge is 0.328 e. The number of benzene rings is 2. The summed E-state index contributed by atoms with van der Waals surface area (Å²) in [7, 11) is 0. The van der Waals surface area contributed by atoms with Gasteiger partial charge in [0.05, 0.1) is 16.1 Å². The minimum absolute atomic E-state index is 0.0200. The van der Waals surface area contributed by atoms with Crippen molar-refractivity contribution in [3.63, 3.8) is 0 Å². The fraction of sp³-hybridized carbons (Fsp3) is 0.278. The molecular formula is C18H14F6N2O3. The number of ketones is 1. The maximum absolute atomic E-state index is 13.0. The van der Waals surface area contributed by atoms with E-state index in [0.29, 0.717) is 12.1 Å². The predicted octanol–water partition coefficient (Wildman–Crippen LogP) is 4.75. The normalized spacial score (nSPS) is 13.2. The molecule has 0 aliphatic rings. The SMILES string of the molecule is CC(N)Cc1cc(C(=O)c2cc(C(F)(F)F)cc(C(F)(F)F)c2)ccc1[N+](=O)[O-]. The van der Waals surface area contributed by atoms with Gasteiger partial charge in [-0.1, -0.05) is 0 Å². The van der Waals surface area contributed by atoms with E-state index in [1.165, 1.54) is 0 Å². The summed E-state index contributed by atoms with van der Waals surface area (Å²) in [5.74, 6) is -1.14. The summed E-state index contributed by atoms with van der Waals surface area (Å²) >= 11 is 0. The van der Waals surface area contributed by atoms with Gasteiger partial charge in [-0.05, 0) is 43.7 Å². The highest BCUT2D eigenvalue weighted by Gasteiger charge is 2.37. The Balaban J connectivity index is 2.60. The van der Waals surface area contributed by atoms with E-state index < -0.39 is 45.8 Å². The van der Waals surface area contributed by atoms with Gasteiger partial charge in [0, 0.05) is 28.8 Å². The van der Waals surface area contributed by atoms with Crippen molar-refractivity contribution in [2.45, 2.75) is 31.7 Å². The number of carbonyl (C=O) groups excluding carboxylic acids is 1. The lowest BCUT2D eigenvalue weighted by Gasteiger charge is -2.14. The topological polar surface area (TPSA) is 86.2 Å². The molecular weight excluding hydrogens is 406 g/mol. The van der Waals surface area contributed by atoms with Crippen molar-refractivity contribution in [1.29, 1.82) is 0 Å². The lowest BCUT2D eigenvalue weighted by atomic mass is 9.95. The largest absolute Gasteiger partial charge is 0.416 e. The second kappa shape index (κ2) is 7.82. The molecule has 0 fully saturated rings. The van der Waals surface area contributed by atoms with Crippen molar-refractivity contribution in [3.05, 3.63) is 74.3 Å². The second-order valence-electron chi connectivity index (χ2n) is 6.41. The quantitative estimate of drug-likeness (QED) is 0.327. The number of hydrogen-bond acceptors (Lipinski definition) is 4. The van der Waals surface area contributed by atoms with Crippen LogP contribution in [0.1, 0.15) is 39.5 Å². The number of alkyl halides is 6. The molecule has 2 aromatic carbocycles. The van der Waals surface area contributed by atoms with Gasteiger partial charge in [-0.25, -0.2) is 0 Å². The summed E-state index contributed by atoms with van der Waals surface area (Å²) in [5.41, 5.74) is 0.892. The van der Waals surface area contributed by atoms with Crippen molar-refractivity contribution in [3.8, 4) is 0 Å². The molecule has 0 aromatic heterocycles. The molecule has 0 bridgehead atoms. The summed E-state index contributed by atoms with van der Waals surface area (Å²) < 4.78 is 77.9. The van der Waals surface area contributed by atoms with Gasteiger partial charge in [-0.2, -0.15) is 26.3 Å². The third-order valence-corrected chi connectivity index (χ3v) is 3.93. The van der Waals surface area contributed by atoms with Gasteiger partial charge < -0.3 is 5.73 Å². The predicted molar refractivity (Wildman–Crippen MR) is 90.3 cm³/mol.